The van der Waals surface area contributed by atoms with Crippen LogP contribution in [-0.2, 0) is 11.3 Å². The number of hydrogen-bond donors (Lipinski definition) is 2. The van der Waals surface area contributed by atoms with E-state index in [0.717, 1.165) is 13.2 Å². The summed E-state index contributed by atoms with van der Waals surface area (Å²) in [6, 6.07) is 0.626. The summed E-state index contributed by atoms with van der Waals surface area (Å²) in [6.07, 6.45) is 8.99. The molecule has 4 nitrogen and oxygen atoms in total. The van der Waals surface area contributed by atoms with Gasteiger partial charge in [0.05, 0.1) is 12.3 Å². The Morgan fingerprint density at radius 1 is 1.47 bits per heavy atom. The number of ether oxygens (including phenoxy) is 1. The van der Waals surface area contributed by atoms with Crippen molar-refractivity contribution >= 4 is 0 Å². The van der Waals surface area contributed by atoms with Gasteiger partial charge in [0, 0.05) is 35.9 Å². The van der Waals surface area contributed by atoms with Crippen molar-refractivity contribution < 1.29 is 4.74 Å². The number of nitrogens with zero attached hydrogens (tertiary/aromatic N) is 1. The Hall–Kier alpha value is -0.870. The second kappa shape index (κ2) is 5.25. The summed E-state index contributed by atoms with van der Waals surface area (Å²) < 4.78 is 5.95. The molecule has 0 unspecified atom stereocenters. The third-order valence-electron chi connectivity index (χ3n) is 5.16. The molecule has 4 heteroatoms. The van der Waals surface area contributed by atoms with E-state index in [2.05, 4.69) is 29.4 Å². The van der Waals surface area contributed by atoms with Crippen molar-refractivity contribution in [1.82, 2.24) is 15.5 Å². The average molecular weight is 263 g/mol. The summed E-state index contributed by atoms with van der Waals surface area (Å²) in [4.78, 5) is 0. The van der Waals surface area contributed by atoms with E-state index < -0.39 is 0 Å². The Morgan fingerprint density at radius 3 is 2.89 bits per heavy atom. The fourth-order valence-corrected chi connectivity index (χ4v) is 3.96. The van der Waals surface area contributed by atoms with Gasteiger partial charge in [-0.15, -0.1) is 0 Å². The van der Waals surface area contributed by atoms with E-state index in [4.69, 9.17) is 4.74 Å². The standard InChI is InChI=1S/C15H25N3O/c1-3-19-14-8-13(15(14)6-4-5-7-15)16-9-12-10-17-18-11(12)2/h10,13-14,16H,3-9H2,1-2H3,(H,17,18)/t13-,14+/m0/s1. The lowest BCUT2D eigenvalue weighted by Crippen LogP contribution is -2.62. The van der Waals surface area contributed by atoms with Crippen LogP contribution in [0.5, 0.6) is 0 Å². The quantitative estimate of drug-likeness (QED) is 0.858. The number of H-pyrrole nitrogens is 1. The fourth-order valence-electron chi connectivity index (χ4n) is 3.96. The second-order valence-corrected chi connectivity index (χ2v) is 6.07. The van der Waals surface area contributed by atoms with E-state index in [-0.39, 0.29) is 0 Å². The Kier molecular flexibility index (Phi) is 3.63. The molecule has 0 radical (unpaired) electrons. The monoisotopic (exact) mass is 263 g/mol. The SMILES string of the molecule is CCO[C@@H]1C[C@H](NCc2cn[nH]c2C)C12CCCC2. The molecule has 2 aliphatic carbocycles. The van der Waals surface area contributed by atoms with Gasteiger partial charge in [0.25, 0.3) is 0 Å². The molecule has 2 atom stereocenters. The molecule has 2 saturated carbocycles. The molecular formula is C15H25N3O. The van der Waals surface area contributed by atoms with Crippen LogP contribution in [0.3, 0.4) is 0 Å². The van der Waals surface area contributed by atoms with Crippen molar-refractivity contribution in [3.05, 3.63) is 17.5 Å². The summed E-state index contributed by atoms with van der Waals surface area (Å²) in [5.41, 5.74) is 2.88. The minimum atomic E-state index is 0.424. The highest BCUT2D eigenvalue weighted by molar-refractivity contribution is 5.16. The molecule has 2 fully saturated rings. The molecule has 1 aromatic rings. The van der Waals surface area contributed by atoms with Crippen LogP contribution in [0.15, 0.2) is 6.20 Å². The van der Waals surface area contributed by atoms with E-state index in [1.54, 1.807) is 0 Å². The normalized spacial score (nSPS) is 28.7. The van der Waals surface area contributed by atoms with Crippen LogP contribution >= 0.6 is 0 Å². The third kappa shape index (κ3) is 2.21. The molecular weight excluding hydrogens is 238 g/mol. The molecule has 1 aromatic heterocycles. The first-order valence-corrected chi connectivity index (χ1v) is 7.60. The lowest BCUT2D eigenvalue weighted by atomic mass is 9.60. The number of aromatic amines is 1. The van der Waals surface area contributed by atoms with Gasteiger partial charge in [0.2, 0.25) is 0 Å². The number of nitrogens with one attached hydrogen (secondary N) is 2. The van der Waals surface area contributed by atoms with Gasteiger partial charge in [-0.05, 0) is 33.1 Å². The van der Waals surface area contributed by atoms with Crippen LogP contribution < -0.4 is 5.32 Å². The first-order valence-electron chi connectivity index (χ1n) is 7.60. The Labute approximate surface area is 115 Å². The number of hydrogen-bond acceptors (Lipinski definition) is 3. The zero-order chi connectivity index (χ0) is 13.3. The number of aryl methyl sites for hydroxylation is 1. The van der Waals surface area contributed by atoms with E-state index >= 15 is 0 Å². The zero-order valence-electron chi connectivity index (χ0n) is 12.0. The lowest BCUT2D eigenvalue weighted by molar-refractivity contribution is -0.130. The van der Waals surface area contributed by atoms with Crippen molar-refractivity contribution in [2.24, 2.45) is 5.41 Å². The molecule has 1 heterocycles. The van der Waals surface area contributed by atoms with E-state index in [1.165, 1.54) is 43.4 Å². The van der Waals surface area contributed by atoms with Crippen molar-refractivity contribution in [2.45, 2.75) is 64.6 Å². The molecule has 19 heavy (non-hydrogen) atoms. The van der Waals surface area contributed by atoms with Gasteiger partial charge in [-0.25, -0.2) is 0 Å². The van der Waals surface area contributed by atoms with Gasteiger partial charge >= 0.3 is 0 Å². The summed E-state index contributed by atoms with van der Waals surface area (Å²) in [5, 5.41) is 10.8. The van der Waals surface area contributed by atoms with Crippen molar-refractivity contribution in [2.75, 3.05) is 6.61 Å². The van der Waals surface area contributed by atoms with Crippen molar-refractivity contribution in [3.63, 3.8) is 0 Å². The molecule has 0 aliphatic heterocycles. The third-order valence-corrected chi connectivity index (χ3v) is 5.16. The van der Waals surface area contributed by atoms with Crippen molar-refractivity contribution in [1.29, 1.82) is 0 Å². The summed E-state index contributed by atoms with van der Waals surface area (Å²) in [6.45, 7) is 5.96. The maximum atomic E-state index is 5.95. The Balaban J connectivity index is 1.61. The maximum Gasteiger partial charge on any atom is 0.0661 e. The topological polar surface area (TPSA) is 49.9 Å². The highest BCUT2D eigenvalue weighted by Gasteiger charge is 2.56. The highest BCUT2D eigenvalue weighted by atomic mass is 16.5. The zero-order valence-corrected chi connectivity index (χ0v) is 12.0. The van der Waals surface area contributed by atoms with Gasteiger partial charge in [-0.3, -0.25) is 5.10 Å². The van der Waals surface area contributed by atoms with Gasteiger partial charge in [0.15, 0.2) is 0 Å². The van der Waals surface area contributed by atoms with Gasteiger partial charge < -0.3 is 10.1 Å². The smallest absolute Gasteiger partial charge is 0.0661 e. The maximum absolute atomic E-state index is 5.95. The number of aromatic nitrogens is 2. The summed E-state index contributed by atoms with van der Waals surface area (Å²) in [7, 11) is 0. The van der Waals surface area contributed by atoms with Gasteiger partial charge in [0.1, 0.15) is 0 Å². The van der Waals surface area contributed by atoms with E-state index in [0.29, 0.717) is 17.6 Å². The molecule has 1 spiro atoms. The van der Waals surface area contributed by atoms with Crippen molar-refractivity contribution in [3.8, 4) is 0 Å². The molecule has 2 N–H and O–H groups in total. The Morgan fingerprint density at radius 2 is 2.26 bits per heavy atom. The number of rotatable bonds is 5. The molecule has 0 amide bonds. The first kappa shape index (κ1) is 13.1. The van der Waals surface area contributed by atoms with E-state index in [9.17, 15) is 0 Å². The minimum Gasteiger partial charge on any atom is -0.378 e. The van der Waals surface area contributed by atoms with Crippen LogP contribution in [0.1, 0.15) is 50.3 Å². The van der Waals surface area contributed by atoms with E-state index in [1.807, 2.05) is 6.20 Å². The first-order chi connectivity index (χ1) is 9.26. The fraction of sp³-hybridized carbons (Fsp3) is 0.800. The predicted molar refractivity (Wildman–Crippen MR) is 74.9 cm³/mol. The lowest BCUT2D eigenvalue weighted by Gasteiger charge is -2.54. The summed E-state index contributed by atoms with van der Waals surface area (Å²) in [5.74, 6) is 0. The molecule has 0 bridgehead atoms. The van der Waals surface area contributed by atoms with Gasteiger partial charge in [-0.1, -0.05) is 12.8 Å². The molecule has 0 aromatic carbocycles. The molecule has 2 aliphatic rings. The second-order valence-electron chi connectivity index (χ2n) is 6.07. The van der Waals surface area contributed by atoms with Crippen LogP contribution in [0.25, 0.3) is 0 Å². The average Bonchev–Trinajstić information content (AvgIpc) is 3.03. The van der Waals surface area contributed by atoms with Crippen LogP contribution in [0, 0.1) is 12.3 Å². The van der Waals surface area contributed by atoms with Crippen LogP contribution in [0.4, 0.5) is 0 Å². The minimum absolute atomic E-state index is 0.424. The van der Waals surface area contributed by atoms with Gasteiger partial charge in [-0.2, -0.15) is 5.10 Å². The molecule has 106 valence electrons. The van der Waals surface area contributed by atoms with Crippen LogP contribution in [-0.4, -0.2) is 29.0 Å². The van der Waals surface area contributed by atoms with Crippen LogP contribution in [0.2, 0.25) is 0 Å². The largest absolute Gasteiger partial charge is 0.378 e. The highest BCUT2D eigenvalue weighted by Crippen LogP contribution is 2.54. The Bertz CT molecular complexity index is 423. The molecule has 3 rings (SSSR count). The summed E-state index contributed by atoms with van der Waals surface area (Å²) >= 11 is 0. The predicted octanol–water partition coefficient (Wildman–Crippen LogP) is 2.55. The molecule has 0 saturated heterocycles.